The summed E-state index contributed by atoms with van der Waals surface area (Å²) in [5.41, 5.74) is 6.94. The van der Waals surface area contributed by atoms with Crippen LogP contribution in [0.1, 0.15) is 11.4 Å². The monoisotopic (exact) mass is 179 g/mol. The van der Waals surface area contributed by atoms with Crippen LogP contribution >= 0.6 is 11.8 Å². The van der Waals surface area contributed by atoms with E-state index >= 15 is 0 Å². The number of aromatic nitrogens is 2. The first kappa shape index (κ1) is 8.88. The Bertz CT molecular complexity index is 338. The van der Waals surface area contributed by atoms with Gasteiger partial charge in [-0.15, -0.1) is 0 Å². The molecule has 1 rings (SSSR count). The Labute approximate surface area is 75.8 Å². The molecule has 0 aliphatic rings. The third kappa shape index (κ3) is 2.14. The second-order valence-electron chi connectivity index (χ2n) is 2.18. The second-order valence-corrected chi connectivity index (χ2v) is 2.79. The van der Waals surface area contributed by atoms with Crippen molar-refractivity contribution in [3.8, 4) is 11.2 Å². The van der Waals surface area contributed by atoms with Crippen LogP contribution < -0.4 is 5.73 Å². The standard InChI is InChI=1S/C8H9N3S/c1-6-5-10-7(3-4-12-2)8(9)11-6/h5H,1-2H3,(H2,9,11). The third-order valence-corrected chi connectivity index (χ3v) is 1.50. The summed E-state index contributed by atoms with van der Waals surface area (Å²) in [7, 11) is 0. The summed E-state index contributed by atoms with van der Waals surface area (Å²) >= 11 is 1.42. The zero-order chi connectivity index (χ0) is 8.97. The molecule has 0 amide bonds. The van der Waals surface area contributed by atoms with Gasteiger partial charge < -0.3 is 5.73 Å². The quantitative estimate of drug-likeness (QED) is 0.604. The highest BCUT2D eigenvalue weighted by atomic mass is 32.2. The van der Waals surface area contributed by atoms with Gasteiger partial charge in [-0.3, -0.25) is 0 Å². The lowest BCUT2D eigenvalue weighted by Crippen LogP contribution is -1.98. The molecule has 0 radical (unpaired) electrons. The molecule has 1 aromatic rings. The van der Waals surface area contributed by atoms with E-state index in [0.717, 1.165) is 5.69 Å². The number of nitrogens with zero attached hydrogens (tertiary/aromatic N) is 2. The summed E-state index contributed by atoms with van der Waals surface area (Å²) in [6, 6.07) is 0. The molecule has 0 fully saturated rings. The Hall–Kier alpha value is -1.21. The van der Waals surface area contributed by atoms with Gasteiger partial charge in [-0.25, -0.2) is 9.97 Å². The molecule has 4 heteroatoms. The number of rotatable bonds is 0. The normalized spacial score (nSPS) is 8.83. The molecule has 1 aromatic heterocycles. The molecule has 12 heavy (non-hydrogen) atoms. The number of nitrogen functional groups attached to an aromatic ring is 1. The predicted octanol–water partition coefficient (Wildman–Crippen LogP) is 1.04. The number of hydrogen-bond donors (Lipinski definition) is 1. The van der Waals surface area contributed by atoms with Crippen molar-refractivity contribution < 1.29 is 0 Å². The second kappa shape index (κ2) is 3.98. The van der Waals surface area contributed by atoms with Crippen LogP contribution in [0.15, 0.2) is 6.20 Å². The maximum absolute atomic E-state index is 5.58. The van der Waals surface area contributed by atoms with E-state index < -0.39 is 0 Å². The minimum Gasteiger partial charge on any atom is -0.381 e. The lowest BCUT2D eigenvalue weighted by atomic mass is 10.4. The molecule has 0 bridgehead atoms. The lowest BCUT2D eigenvalue weighted by Gasteiger charge is -1.96. The van der Waals surface area contributed by atoms with Gasteiger partial charge in [0.05, 0.1) is 5.69 Å². The average Bonchev–Trinajstić information content (AvgIpc) is 2.03. The van der Waals surface area contributed by atoms with Gasteiger partial charge in [-0.05, 0) is 24.4 Å². The van der Waals surface area contributed by atoms with Crippen molar-refractivity contribution in [2.75, 3.05) is 12.0 Å². The first-order chi connectivity index (χ1) is 5.74. The van der Waals surface area contributed by atoms with Crippen LogP contribution in [-0.2, 0) is 0 Å². The molecular formula is C8H9N3S. The average molecular weight is 179 g/mol. The van der Waals surface area contributed by atoms with E-state index in [4.69, 9.17) is 5.73 Å². The van der Waals surface area contributed by atoms with Crippen molar-refractivity contribution in [3.63, 3.8) is 0 Å². The first-order valence-corrected chi connectivity index (χ1v) is 4.59. The zero-order valence-electron chi connectivity index (χ0n) is 6.96. The molecular weight excluding hydrogens is 170 g/mol. The molecule has 0 spiro atoms. The molecule has 0 saturated carbocycles. The van der Waals surface area contributed by atoms with Gasteiger partial charge in [-0.2, -0.15) is 0 Å². The molecule has 0 atom stereocenters. The summed E-state index contributed by atoms with van der Waals surface area (Å²) < 4.78 is 0. The zero-order valence-corrected chi connectivity index (χ0v) is 7.77. The first-order valence-electron chi connectivity index (χ1n) is 3.37. The highest BCUT2D eigenvalue weighted by Crippen LogP contribution is 2.03. The van der Waals surface area contributed by atoms with Crippen molar-refractivity contribution in [1.82, 2.24) is 9.97 Å². The minimum atomic E-state index is 0.400. The molecule has 0 saturated heterocycles. The highest BCUT2D eigenvalue weighted by molar-refractivity contribution is 8.03. The van der Waals surface area contributed by atoms with Gasteiger partial charge in [0.25, 0.3) is 0 Å². The summed E-state index contributed by atoms with van der Waals surface area (Å²) in [6.07, 6.45) is 3.55. The molecule has 3 nitrogen and oxygen atoms in total. The Kier molecular flexibility index (Phi) is 2.94. The molecule has 62 valence electrons. The topological polar surface area (TPSA) is 51.8 Å². The Morgan fingerprint density at radius 2 is 2.33 bits per heavy atom. The molecule has 2 N–H and O–H groups in total. The fourth-order valence-electron chi connectivity index (χ4n) is 0.692. The maximum Gasteiger partial charge on any atom is 0.158 e. The number of nitrogens with two attached hydrogens (primary N) is 1. The number of aryl methyl sites for hydroxylation is 1. The van der Waals surface area contributed by atoms with Crippen LogP contribution in [0.25, 0.3) is 0 Å². The SMILES string of the molecule is CSC#Cc1ncc(C)nc1N. The Morgan fingerprint density at radius 1 is 1.58 bits per heavy atom. The van der Waals surface area contributed by atoms with Gasteiger partial charge >= 0.3 is 0 Å². The van der Waals surface area contributed by atoms with E-state index in [0.29, 0.717) is 11.5 Å². The smallest absolute Gasteiger partial charge is 0.158 e. The van der Waals surface area contributed by atoms with Crippen molar-refractivity contribution in [2.24, 2.45) is 0 Å². The molecule has 0 aromatic carbocycles. The van der Waals surface area contributed by atoms with Gasteiger partial charge in [0.1, 0.15) is 0 Å². The van der Waals surface area contributed by atoms with Crippen LogP contribution in [0.4, 0.5) is 5.82 Å². The molecule has 0 aliphatic carbocycles. The van der Waals surface area contributed by atoms with E-state index in [9.17, 15) is 0 Å². The minimum absolute atomic E-state index is 0.400. The van der Waals surface area contributed by atoms with E-state index in [2.05, 4.69) is 21.1 Å². The Balaban J connectivity index is 3.01. The Morgan fingerprint density at radius 3 is 2.92 bits per heavy atom. The summed E-state index contributed by atoms with van der Waals surface area (Å²) in [5, 5.41) is 2.81. The fourth-order valence-corrected chi connectivity index (χ4v) is 0.890. The van der Waals surface area contributed by atoms with Crippen LogP contribution in [0, 0.1) is 18.1 Å². The molecule has 0 unspecified atom stereocenters. The van der Waals surface area contributed by atoms with Crippen LogP contribution in [-0.4, -0.2) is 16.2 Å². The molecule has 1 heterocycles. The van der Waals surface area contributed by atoms with Crippen molar-refractivity contribution in [1.29, 1.82) is 0 Å². The number of anilines is 1. The van der Waals surface area contributed by atoms with Crippen molar-refractivity contribution in [3.05, 3.63) is 17.6 Å². The summed E-state index contributed by atoms with van der Waals surface area (Å²) in [5.74, 6) is 3.20. The van der Waals surface area contributed by atoms with Crippen molar-refractivity contribution in [2.45, 2.75) is 6.92 Å². The summed E-state index contributed by atoms with van der Waals surface area (Å²) in [4.78, 5) is 8.07. The fraction of sp³-hybridized carbons (Fsp3) is 0.250. The van der Waals surface area contributed by atoms with Gasteiger partial charge in [0.2, 0.25) is 0 Å². The van der Waals surface area contributed by atoms with E-state index in [1.807, 2.05) is 13.2 Å². The van der Waals surface area contributed by atoms with Gasteiger partial charge in [-0.1, -0.05) is 11.8 Å². The van der Waals surface area contributed by atoms with Crippen LogP contribution in [0.5, 0.6) is 0 Å². The van der Waals surface area contributed by atoms with Crippen LogP contribution in [0.3, 0.4) is 0 Å². The largest absolute Gasteiger partial charge is 0.381 e. The van der Waals surface area contributed by atoms with E-state index in [-0.39, 0.29) is 0 Å². The number of hydrogen-bond acceptors (Lipinski definition) is 4. The number of thioether (sulfide) groups is 1. The molecule has 0 aliphatic heterocycles. The van der Waals surface area contributed by atoms with E-state index in [1.165, 1.54) is 11.8 Å². The lowest BCUT2D eigenvalue weighted by molar-refractivity contribution is 1.11. The van der Waals surface area contributed by atoms with Gasteiger partial charge in [0, 0.05) is 6.20 Å². The van der Waals surface area contributed by atoms with Gasteiger partial charge in [0.15, 0.2) is 11.5 Å². The maximum atomic E-state index is 5.58. The highest BCUT2D eigenvalue weighted by Gasteiger charge is 1.97. The summed E-state index contributed by atoms with van der Waals surface area (Å²) in [6.45, 7) is 1.84. The predicted molar refractivity (Wildman–Crippen MR) is 51.6 cm³/mol. The van der Waals surface area contributed by atoms with Crippen LogP contribution in [0.2, 0.25) is 0 Å². The third-order valence-electron chi connectivity index (χ3n) is 1.19. The van der Waals surface area contributed by atoms with Crippen molar-refractivity contribution >= 4 is 17.6 Å². The van der Waals surface area contributed by atoms with E-state index in [1.54, 1.807) is 6.20 Å².